The molecule has 1 N–H and O–H groups in total. The van der Waals surface area contributed by atoms with Crippen LogP contribution in [0.2, 0.25) is 10.0 Å². The van der Waals surface area contributed by atoms with Gasteiger partial charge in [0.2, 0.25) is 11.6 Å². The molecule has 0 radical (unpaired) electrons. The Morgan fingerprint density at radius 3 is 2.67 bits per heavy atom. The number of hydrogen-bond donors (Lipinski definition) is 1. The summed E-state index contributed by atoms with van der Waals surface area (Å²) >= 11 is 11.8. The highest BCUT2D eigenvalue weighted by molar-refractivity contribution is 6.36. The molecule has 0 aliphatic heterocycles. The van der Waals surface area contributed by atoms with Gasteiger partial charge in [-0.05, 0) is 18.2 Å². The van der Waals surface area contributed by atoms with E-state index in [0.717, 1.165) is 18.2 Å². The number of rotatable bonds is 4. The summed E-state index contributed by atoms with van der Waals surface area (Å²) in [5.41, 5.74) is -0.533. The highest BCUT2D eigenvalue weighted by Gasteiger charge is 2.19. The maximum Gasteiger partial charge on any atom is 0.314 e. The molecule has 110 valence electrons. The van der Waals surface area contributed by atoms with Gasteiger partial charge in [0.1, 0.15) is 16.7 Å². The minimum Gasteiger partial charge on any atom is -0.430 e. The Morgan fingerprint density at radius 2 is 2.05 bits per heavy atom. The zero-order chi connectivity index (χ0) is 15.6. The lowest BCUT2D eigenvalue weighted by Gasteiger charge is -2.10. The van der Waals surface area contributed by atoms with Crippen molar-refractivity contribution < 1.29 is 14.1 Å². The first-order valence-electron chi connectivity index (χ1n) is 5.58. The molecule has 0 spiro atoms. The number of nitro benzene ring substituents is 1. The number of benzene rings is 1. The fraction of sp³-hybridized carbons (Fsp3) is 0.0833. The van der Waals surface area contributed by atoms with Crippen LogP contribution in [0.3, 0.4) is 0 Å². The lowest BCUT2D eigenvalue weighted by molar-refractivity contribution is -0.385. The maximum atomic E-state index is 13.1. The molecule has 21 heavy (non-hydrogen) atoms. The third-order valence-corrected chi connectivity index (χ3v) is 3.02. The summed E-state index contributed by atoms with van der Waals surface area (Å²) in [6.45, 7) is 0. The number of nitrogens with zero attached hydrogens (tertiary/aromatic N) is 2. The topological polar surface area (TPSA) is 77.3 Å². The predicted molar refractivity (Wildman–Crippen MR) is 76.9 cm³/mol. The summed E-state index contributed by atoms with van der Waals surface area (Å²) in [7, 11) is 1.59. The lowest BCUT2D eigenvalue weighted by Crippen LogP contribution is -1.99. The van der Waals surface area contributed by atoms with E-state index in [4.69, 9.17) is 27.9 Å². The van der Waals surface area contributed by atoms with Crippen molar-refractivity contribution in [3.05, 3.63) is 50.2 Å². The Kier molecular flexibility index (Phi) is 4.44. The third-order valence-electron chi connectivity index (χ3n) is 2.46. The van der Waals surface area contributed by atoms with Gasteiger partial charge in [-0.1, -0.05) is 23.2 Å². The Labute approximate surface area is 128 Å². The van der Waals surface area contributed by atoms with Gasteiger partial charge in [-0.2, -0.15) is 4.98 Å². The van der Waals surface area contributed by atoms with Crippen LogP contribution in [0.1, 0.15) is 0 Å². The summed E-state index contributed by atoms with van der Waals surface area (Å²) in [5.74, 6) is -0.721. The van der Waals surface area contributed by atoms with E-state index in [1.165, 1.54) is 6.07 Å². The van der Waals surface area contributed by atoms with Crippen LogP contribution < -0.4 is 10.1 Å². The predicted octanol–water partition coefficient (Wildman–Crippen LogP) is 4.27. The van der Waals surface area contributed by atoms with E-state index in [2.05, 4.69) is 10.3 Å². The number of nitrogens with one attached hydrogen (secondary N) is 1. The Bertz CT molecular complexity index is 712. The molecule has 0 aliphatic carbocycles. The fourth-order valence-electron chi connectivity index (χ4n) is 1.52. The van der Waals surface area contributed by atoms with E-state index in [-0.39, 0.29) is 21.7 Å². The average Bonchev–Trinajstić information content (AvgIpc) is 2.43. The van der Waals surface area contributed by atoms with Gasteiger partial charge in [-0.3, -0.25) is 10.1 Å². The van der Waals surface area contributed by atoms with Crippen molar-refractivity contribution in [3.63, 3.8) is 0 Å². The van der Waals surface area contributed by atoms with Crippen LogP contribution >= 0.6 is 23.2 Å². The van der Waals surface area contributed by atoms with Crippen molar-refractivity contribution in [2.24, 2.45) is 0 Å². The number of aromatic nitrogens is 1. The summed E-state index contributed by atoms with van der Waals surface area (Å²) in [4.78, 5) is 14.1. The summed E-state index contributed by atoms with van der Waals surface area (Å²) in [5, 5.41) is 14.0. The van der Waals surface area contributed by atoms with E-state index in [9.17, 15) is 14.5 Å². The van der Waals surface area contributed by atoms with Gasteiger partial charge >= 0.3 is 5.69 Å². The highest BCUT2D eigenvalue weighted by Crippen LogP contribution is 2.36. The second-order valence-electron chi connectivity index (χ2n) is 3.83. The Morgan fingerprint density at radius 1 is 1.33 bits per heavy atom. The van der Waals surface area contributed by atoms with Crippen LogP contribution in [0, 0.1) is 15.9 Å². The molecule has 0 saturated carbocycles. The molecule has 0 unspecified atom stereocenters. The third kappa shape index (κ3) is 3.32. The van der Waals surface area contributed by atoms with Crippen LogP contribution in [-0.4, -0.2) is 17.0 Å². The molecule has 0 atom stereocenters. The lowest BCUT2D eigenvalue weighted by atomic mass is 10.3. The van der Waals surface area contributed by atoms with E-state index in [0.29, 0.717) is 5.82 Å². The van der Waals surface area contributed by atoms with Gasteiger partial charge in [-0.25, -0.2) is 4.39 Å². The number of anilines is 1. The van der Waals surface area contributed by atoms with E-state index in [1.807, 2.05) is 0 Å². The number of pyridine rings is 1. The van der Waals surface area contributed by atoms with Crippen LogP contribution in [0.5, 0.6) is 11.6 Å². The van der Waals surface area contributed by atoms with E-state index in [1.54, 1.807) is 7.05 Å². The van der Waals surface area contributed by atoms with Gasteiger partial charge in [0.15, 0.2) is 0 Å². The first kappa shape index (κ1) is 15.3. The molecular weight excluding hydrogens is 324 g/mol. The van der Waals surface area contributed by atoms with Crippen LogP contribution in [-0.2, 0) is 0 Å². The van der Waals surface area contributed by atoms with E-state index >= 15 is 0 Å². The second-order valence-corrected chi connectivity index (χ2v) is 4.64. The molecule has 2 aromatic rings. The van der Waals surface area contributed by atoms with E-state index < -0.39 is 16.4 Å². The Balaban J connectivity index is 2.45. The van der Waals surface area contributed by atoms with Gasteiger partial charge in [0, 0.05) is 7.05 Å². The molecule has 0 amide bonds. The molecule has 6 nitrogen and oxygen atoms in total. The van der Waals surface area contributed by atoms with Crippen LogP contribution in [0.4, 0.5) is 15.9 Å². The maximum absolute atomic E-state index is 13.1. The number of ether oxygens (including phenoxy) is 1. The summed E-state index contributed by atoms with van der Waals surface area (Å²) in [6, 6.07) is 4.29. The SMILES string of the molecule is CNc1nc(Oc2ccc(F)cc2[N+](=O)[O-])c(Cl)cc1Cl. The zero-order valence-corrected chi connectivity index (χ0v) is 12.1. The standard InChI is InChI=1S/C12H8Cl2FN3O3/c1-16-11-7(13)5-8(14)12(17-11)21-10-3-2-6(15)4-9(10)18(19)20/h2-5H,1H3,(H,16,17). The first-order chi connectivity index (χ1) is 9.92. The van der Waals surface area contributed by atoms with Crippen molar-refractivity contribution in [1.29, 1.82) is 0 Å². The molecule has 9 heteroatoms. The van der Waals surface area contributed by atoms with Gasteiger partial charge < -0.3 is 10.1 Å². The minimum atomic E-state index is -0.763. The molecule has 0 aliphatic rings. The monoisotopic (exact) mass is 331 g/mol. The molecular formula is C12H8Cl2FN3O3. The van der Waals surface area contributed by atoms with Crippen molar-refractivity contribution in [3.8, 4) is 11.6 Å². The molecule has 1 aromatic carbocycles. The molecule has 0 bridgehead atoms. The number of hydrogen-bond acceptors (Lipinski definition) is 5. The largest absolute Gasteiger partial charge is 0.430 e. The van der Waals surface area contributed by atoms with Gasteiger partial charge in [-0.15, -0.1) is 0 Å². The second kappa shape index (κ2) is 6.11. The fourth-order valence-corrected chi connectivity index (χ4v) is 2.01. The van der Waals surface area contributed by atoms with Crippen LogP contribution in [0.25, 0.3) is 0 Å². The van der Waals surface area contributed by atoms with Crippen molar-refractivity contribution in [2.45, 2.75) is 0 Å². The minimum absolute atomic E-state index is 0.0672. The summed E-state index contributed by atoms with van der Waals surface area (Å²) < 4.78 is 18.4. The first-order valence-corrected chi connectivity index (χ1v) is 6.33. The highest BCUT2D eigenvalue weighted by atomic mass is 35.5. The molecule has 1 aromatic heterocycles. The van der Waals surface area contributed by atoms with Crippen molar-refractivity contribution in [1.82, 2.24) is 4.98 Å². The Hall–Kier alpha value is -2.12. The van der Waals surface area contributed by atoms with Crippen LogP contribution in [0.15, 0.2) is 24.3 Å². The quantitative estimate of drug-likeness (QED) is 0.668. The molecule has 1 heterocycles. The van der Waals surface area contributed by atoms with Crippen molar-refractivity contribution in [2.75, 3.05) is 12.4 Å². The van der Waals surface area contributed by atoms with Crippen molar-refractivity contribution >= 4 is 34.7 Å². The molecule has 2 rings (SSSR count). The summed E-state index contributed by atoms with van der Waals surface area (Å²) in [6.07, 6.45) is 0. The normalized spacial score (nSPS) is 10.3. The zero-order valence-electron chi connectivity index (χ0n) is 10.6. The molecule has 0 fully saturated rings. The molecule has 0 saturated heterocycles. The smallest absolute Gasteiger partial charge is 0.314 e. The van der Waals surface area contributed by atoms with Gasteiger partial charge in [0.05, 0.1) is 16.0 Å². The number of nitro groups is 1. The average molecular weight is 332 g/mol. The van der Waals surface area contributed by atoms with Gasteiger partial charge in [0.25, 0.3) is 0 Å². The number of halogens is 3.